The van der Waals surface area contributed by atoms with Crippen LogP contribution in [0.1, 0.15) is 35.4 Å². The van der Waals surface area contributed by atoms with Crippen molar-refractivity contribution >= 4 is 33.9 Å². The van der Waals surface area contributed by atoms with E-state index in [2.05, 4.69) is 24.9 Å². The molecule has 0 aliphatic heterocycles. The summed E-state index contributed by atoms with van der Waals surface area (Å²) in [4.78, 5) is 32.4. The fourth-order valence-corrected chi connectivity index (χ4v) is 4.67. The Balaban J connectivity index is 1.30. The van der Waals surface area contributed by atoms with Crippen molar-refractivity contribution in [3.63, 3.8) is 0 Å². The van der Waals surface area contributed by atoms with E-state index in [1.165, 1.54) is 35.8 Å². The van der Waals surface area contributed by atoms with Gasteiger partial charge in [-0.2, -0.15) is 13.2 Å². The van der Waals surface area contributed by atoms with Crippen LogP contribution < -0.4 is 5.73 Å². The summed E-state index contributed by atoms with van der Waals surface area (Å²) < 4.78 is 40.4. The van der Waals surface area contributed by atoms with Gasteiger partial charge in [0.1, 0.15) is 17.4 Å². The molecule has 5 rings (SSSR count). The van der Waals surface area contributed by atoms with E-state index in [-0.39, 0.29) is 41.8 Å². The minimum atomic E-state index is -4.63. The van der Waals surface area contributed by atoms with Gasteiger partial charge in [-0.15, -0.1) is 0 Å². The summed E-state index contributed by atoms with van der Waals surface area (Å²) in [6, 6.07) is 3.69. The first-order valence-corrected chi connectivity index (χ1v) is 11.1. The van der Waals surface area contributed by atoms with Crippen LogP contribution in [0, 0.1) is 0 Å². The summed E-state index contributed by atoms with van der Waals surface area (Å²) >= 11 is 0. The zero-order chi connectivity index (χ0) is 25.8. The van der Waals surface area contributed by atoms with Gasteiger partial charge in [0.2, 0.25) is 5.82 Å². The number of nitrogen functional groups attached to an aromatic ring is 1. The summed E-state index contributed by atoms with van der Waals surface area (Å²) in [6.07, 6.45) is -2.34. The normalized spacial score (nSPS) is 22.8. The summed E-state index contributed by atoms with van der Waals surface area (Å²) in [5.74, 6) is -1.35. The van der Waals surface area contributed by atoms with Crippen molar-refractivity contribution in [1.29, 1.82) is 0 Å². The lowest BCUT2D eigenvalue weighted by atomic mass is 9.79. The second-order valence-electron chi connectivity index (χ2n) is 9.08. The van der Waals surface area contributed by atoms with Crippen molar-refractivity contribution in [2.24, 2.45) is 0 Å². The Morgan fingerprint density at radius 2 is 2.11 bits per heavy atom. The number of aliphatic hydroxyl groups is 2. The number of halogens is 3. The number of carbonyl (C=O) groups is 1. The van der Waals surface area contributed by atoms with Crippen LogP contribution in [0.3, 0.4) is 0 Å². The van der Waals surface area contributed by atoms with Crippen LogP contribution in [0.25, 0.3) is 22.2 Å². The quantitative estimate of drug-likeness (QED) is 0.327. The predicted molar refractivity (Wildman–Crippen MR) is 122 cm³/mol. The number of benzene rings is 1. The predicted octanol–water partition coefficient (Wildman–Crippen LogP) is 1.72. The highest BCUT2D eigenvalue weighted by Crippen LogP contribution is 2.34. The van der Waals surface area contributed by atoms with Gasteiger partial charge in [0.15, 0.2) is 11.5 Å². The number of nitrogens with one attached hydrogen (secondary N) is 1. The van der Waals surface area contributed by atoms with Gasteiger partial charge in [-0.05, 0) is 37.5 Å². The van der Waals surface area contributed by atoms with Crippen LogP contribution in [0.2, 0.25) is 0 Å². The number of anilines is 1. The van der Waals surface area contributed by atoms with Crippen LogP contribution in [0.15, 0.2) is 30.9 Å². The summed E-state index contributed by atoms with van der Waals surface area (Å²) in [5.41, 5.74) is 5.52. The van der Waals surface area contributed by atoms with Crippen molar-refractivity contribution < 1.29 is 28.2 Å². The number of aliphatic hydroxyl groups excluding tert-OH is 1. The molecule has 1 aliphatic carbocycles. The van der Waals surface area contributed by atoms with Crippen molar-refractivity contribution in [2.75, 3.05) is 12.8 Å². The first kappa shape index (κ1) is 23.9. The number of carbonyl (C=O) groups excluding carboxylic acids is 1. The molecule has 0 unspecified atom stereocenters. The highest BCUT2D eigenvalue weighted by molar-refractivity contribution is 5.97. The number of amides is 1. The van der Waals surface area contributed by atoms with Crippen LogP contribution >= 0.6 is 0 Å². The Kier molecular flexibility index (Phi) is 5.59. The number of alkyl halides is 3. The molecule has 14 heteroatoms. The third-order valence-electron chi connectivity index (χ3n) is 6.77. The molecule has 1 aromatic carbocycles. The van der Waals surface area contributed by atoms with E-state index in [9.17, 15) is 28.2 Å². The van der Waals surface area contributed by atoms with Crippen molar-refractivity contribution in [3.8, 4) is 0 Å². The van der Waals surface area contributed by atoms with Gasteiger partial charge in [0.25, 0.3) is 5.91 Å². The molecule has 11 nitrogen and oxygen atoms in total. The number of hydrogen-bond donors (Lipinski definition) is 4. The molecule has 3 atom stereocenters. The smallest absolute Gasteiger partial charge is 0.390 e. The number of fused-ring (bicyclic) bond motifs is 2. The number of hydrogen-bond acceptors (Lipinski definition) is 8. The standard InChI is InChI=1S/C22H23F3N8O3/c1-32(19(35)11-2-3-13-14(6-11)31-20(30-13)22(23,24)25)12-4-5-21(36,15(34)7-12)8-33-10-29-16-17(26)27-9-28-18(16)33/h2-3,6,9-10,12,15,34,36H,4-5,7-8H2,1H3,(H,30,31)(H2,26,27,28)/t12-,15+,21+/m0/s1. The van der Waals surface area contributed by atoms with Crippen LogP contribution in [0.5, 0.6) is 0 Å². The second-order valence-corrected chi connectivity index (χ2v) is 9.08. The van der Waals surface area contributed by atoms with Gasteiger partial charge in [-0.1, -0.05) is 0 Å². The van der Waals surface area contributed by atoms with E-state index >= 15 is 0 Å². The molecule has 5 N–H and O–H groups in total. The fraction of sp³-hybridized carbons (Fsp3) is 0.409. The number of aromatic nitrogens is 6. The average molecular weight is 504 g/mol. The molecule has 3 heterocycles. The van der Waals surface area contributed by atoms with Gasteiger partial charge >= 0.3 is 6.18 Å². The Labute approximate surface area is 201 Å². The number of rotatable bonds is 4. The second kappa shape index (κ2) is 8.41. The van der Waals surface area contributed by atoms with Gasteiger partial charge in [-0.3, -0.25) is 4.79 Å². The molecule has 3 aromatic heterocycles. The van der Waals surface area contributed by atoms with E-state index in [0.29, 0.717) is 17.6 Å². The molecular weight excluding hydrogens is 481 g/mol. The first-order valence-electron chi connectivity index (χ1n) is 11.1. The monoisotopic (exact) mass is 504 g/mol. The Morgan fingerprint density at radius 1 is 1.33 bits per heavy atom. The molecule has 0 spiro atoms. The van der Waals surface area contributed by atoms with Crippen LogP contribution in [-0.2, 0) is 12.7 Å². The van der Waals surface area contributed by atoms with E-state index in [4.69, 9.17) is 5.73 Å². The minimum absolute atomic E-state index is 0.0174. The Hall–Kier alpha value is -3.78. The topological polar surface area (TPSA) is 159 Å². The molecule has 1 aliphatic rings. The molecular formula is C22H23F3N8O3. The lowest BCUT2D eigenvalue weighted by Gasteiger charge is -2.43. The first-order chi connectivity index (χ1) is 17.0. The SMILES string of the molecule is CN(C(=O)c1ccc2nc(C(F)(F)F)[nH]c2c1)[C@H]1CC[C@@](O)(Cn2cnc3c(N)ncnc32)[C@H](O)C1. The number of nitrogens with zero attached hydrogens (tertiary/aromatic N) is 6. The molecule has 1 amide bonds. The van der Waals surface area contributed by atoms with E-state index in [1.807, 2.05) is 0 Å². The van der Waals surface area contributed by atoms with Gasteiger partial charge in [0, 0.05) is 18.7 Å². The highest BCUT2D eigenvalue weighted by Gasteiger charge is 2.43. The average Bonchev–Trinajstić information content (AvgIpc) is 3.45. The van der Waals surface area contributed by atoms with Crippen LogP contribution in [0.4, 0.5) is 19.0 Å². The van der Waals surface area contributed by atoms with Crippen molar-refractivity contribution in [3.05, 3.63) is 42.2 Å². The van der Waals surface area contributed by atoms with Crippen LogP contribution in [-0.4, -0.2) is 75.3 Å². The molecule has 36 heavy (non-hydrogen) atoms. The number of imidazole rings is 2. The summed E-state index contributed by atoms with van der Waals surface area (Å²) in [6.45, 7) is 0.0174. The molecule has 0 bridgehead atoms. The molecule has 190 valence electrons. The third kappa shape index (κ3) is 4.11. The third-order valence-corrected chi connectivity index (χ3v) is 6.77. The van der Waals surface area contributed by atoms with E-state index in [0.717, 1.165) is 0 Å². The summed E-state index contributed by atoms with van der Waals surface area (Å²) in [5, 5.41) is 22.0. The zero-order valence-corrected chi connectivity index (χ0v) is 19.1. The number of aromatic amines is 1. The lowest BCUT2D eigenvalue weighted by molar-refractivity contribution is -0.144. The molecule has 1 fully saturated rings. The molecule has 0 radical (unpaired) electrons. The van der Waals surface area contributed by atoms with Crippen molar-refractivity contribution in [2.45, 2.75) is 49.7 Å². The number of nitrogens with two attached hydrogens (primary N) is 1. The van der Waals surface area contributed by atoms with E-state index < -0.39 is 35.7 Å². The molecule has 0 saturated heterocycles. The largest absolute Gasteiger partial charge is 0.449 e. The minimum Gasteiger partial charge on any atom is -0.390 e. The zero-order valence-electron chi connectivity index (χ0n) is 19.1. The fourth-order valence-electron chi connectivity index (χ4n) is 4.67. The Bertz CT molecular complexity index is 1450. The molecule has 4 aromatic rings. The van der Waals surface area contributed by atoms with Gasteiger partial charge in [-0.25, -0.2) is 19.9 Å². The highest BCUT2D eigenvalue weighted by atomic mass is 19.4. The maximum Gasteiger partial charge on any atom is 0.449 e. The Morgan fingerprint density at radius 3 is 2.83 bits per heavy atom. The van der Waals surface area contributed by atoms with Gasteiger partial charge in [0.05, 0.1) is 30.0 Å². The summed E-state index contributed by atoms with van der Waals surface area (Å²) in [7, 11) is 1.56. The maximum atomic E-state index is 13.1. The lowest BCUT2D eigenvalue weighted by Crippen LogP contribution is -2.54. The van der Waals surface area contributed by atoms with Gasteiger partial charge < -0.3 is 30.4 Å². The molecule has 1 saturated carbocycles. The maximum absolute atomic E-state index is 13.1. The van der Waals surface area contributed by atoms with E-state index in [1.54, 1.807) is 11.6 Å². The van der Waals surface area contributed by atoms with Crippen molar-refractivity contribution in [1.82, 2.24) is 34.4 Å². The number of H-pyrrole nitrogens is 1.